The summed E-state index contributed by atoms with van der Waals surface area (Å²) in [5, 5.41) is 0. The van der Waals surface area contributed by atoms with E-state index >= 15 is 0 Å². The summed E-state index contributed by atoms with van der Waals surface area (Å²) in [6.07, 6.45) is 2.20. The number of hydrogen-bond acceptors (Lipinski definition) is 5. The van der Waals surface area contributed by atoms with Crippen LogP contribution in [0.2, 0.25) is 0 Å². The summed E-state index contributed by atoms with van der Waals surface area (Å²) in [7, 11) is 1.78. The van der Waals surface area contributed by atoms with Crippen molar-refractivity contribution in [2.75, 3.05) is 13.7 Å². The van der Waals surface area contributed by atoms with Gasteiger partial charge < -0.3 is 14.4 Å². The molecular formula is C17H25NO4S. The minimum atomic E-state index is -0.495. The van der Waals surface area contributed by atoms with Gasteiger partial charge in [0.25, 0.3) is 0 Å². The highest BCUT2D eigenvalue weighted by molar-refractivity contribution is 7.14. The summed E-state index contributed by atoms with van der Waals surface area (Å²) < 4.78 is 10.5. The number of ether oxygens (including phenoxy) is 2. The number of aryl methyl sites for hydroxylation is 1. The zero-order valence-electron chi connectivity index (χ0n) is 14.5. The number of thiophene rings is 1. The number of amides is 1. The average Bonchev–Trinajstić information content (AvgIpc) is 2.87. The van der Waals surface area contributed by atoms with Gasteiger partial charge in [0.05, 0.1) is 6.61 Å². The minimum absolute atomic E-state index is 0.0991. The van der Waals surface area contributed by atoms with Crippen LogP contribution in [0.1, 0.15) is 54.2 Å². The molecular weight excluding hydrogens is 314 g/mol. The molecule has 0 N–H and O–H groups in total. The fourth-order valence-electron chi connectivity index (χ4n) is 2.62. The Morgan fingerprint density at radius 3 is 2.70 bits per heavy atom. The van der Waals surface area contributed by atoms with E-state index in [0.29, 0.717) is 11.5 Å². The summed E-state index contributed by atoms with van der Waals surface area (Å²) in [6.45, 7) is 7.77. The first-order valence-corrected chi connectivity index (χ1v) is 8.77. The quantitative estimate of drug-likeness (QED) is 0.789. The van der Waals surface area contributed by atoms with Gasteiger partial charge in [-0.2, -0.15) is 0 Å². The molecule has 1 atom stereocenters. The van der Waals surface area contributed by atoms with Crippen LogP contribution >= 0.6 is 11.3 Å². The third-order valence-electron chi connectivity index (χ3n) is 3.76. The maximum absolute atomic E-state index is 12.2. The molecule has 0 bridgehead atoms. The fraction of sp³-hybridized carbons (Fsp3) is 0.647. The molecule has 1 aliphatic carbocycles. The molecule has 0 aliphatic heterocycles. The largest absolute Gasteiger partial charge is 0.462 e. The average molecular weight is 339 g/mol. The Morgan fingerprint density at radius 1 is 1.39 bits per heavy atom. The molecule has 1 aliphatic rings. The molecule has 1 unspecified atom stereocenters. The summed E-state index contributed by atoms with van der Waals surface area (Å²) in [5.74, 6) is -0.260. The van der Waals surface area contributed by atoms with Crippen LogP contribution in [-0.2, 0) is 22.3 Å². The zero-order valence-corrected chi connectivity index (χ0v) is 15.3. The molecule has 1 amide bonds. The van der Waals surface area contributed by atoms with E-state index < -0.39 is 5.60 Å². The molecule has 0 saturated carbocycles. The van der Waals surface area contributed by atoms with Crippen LogP contribution in [0, 0.1) is 0 Å². The predicted octanol–water partition coefficient (Wildman–Crippen LogP) is 3.65. The lowest BCUT2D eigenvalue weighted by Crippen LogP contribution is -2.43. The van der Waals surface area contributed by atoms with Crippen LogP contribution in [0.5, 0.6) is 0 Å². The van der Waals surface area contributed by atoms with Crippen molar-refractivity contribution in [3.05, 3.63) is 21.4 Å². The Morgan fingerprint density at radius 2 is 2.09 bits per heavy atom. The van der Waals surface area contributed by atoms with Crippen molar-refractivity contribution in [3.8, 4) is 0 Å². The van der Waals surface area contributed by atoms with Gasteiger partial charge in [-0.15, -0.1) is 11.3 Å². The molecule has 1 aromatic heterocycles. The van der Waals surface area contributed by atoms with Crippen molar-refractivity contribution >= 4 is 23.4 Å². The van der Waals surface area contributed by atoms with E-state index in [1.54, 1.807) is 18.9 Å². The normalized spacial score (nSPS) is 17.3. The molecule has 1 aromatic rings. The Kier molecular flexibility index (Phi) is 5.34. The Labute approximate surface area is 141 Å². The first-order chi connectivity index (χ1) is 10.7. The van der Waals surface area contributed by atoms with Crippen molar-refractivity contribution in [2.45, 2.75) is 58.6 Å². The van der Waals surface area contributed by atoms with Crippen LogP contribution < -0.4 is 0 Å². The molecule has 0 radical (unpaired) electrons. The number of fused-ring (bicyclic) bond motifs is 1. The lowest BCUT2D eigenvalue weighted by Gasteiger charge is -2.32. The van der Waals surface area contributed by atoms with Gasteiger partial charge >= 0.3 is 12.1 Å². The van der Waals surface area contributed by atoms with Gasteiger partial charge in [-0.3, -0.25) is 0 Å². The number of carbonyl (C=O) groups is 2. The van der Waals surface area contributed by atoms with Crippen molar-refractivity contribution in [1.82, 2.24) is 4.90 Å². The first-order valence-electron chi connectivity index (χ1n) is 7.95. The molecule has 1 heterocycles. The molecule has 23 heavy (non-hydrogen) atoms. The molecule has 0 saturated heterocycles. The number of esters is 1. The van der Waals surface area contributed by atoms with Gasteiger partial charge in [-0.25, -0.2) is 9.59 Å². The Balaban J connectivity index is 2.05. The van der Waals surface area contributed by atoms with Gasteiger partial charge in [0, 0.05) is 18.0 Å². The monoisotopic (exact) mass is 339 g/mol. The zero-order chi connectivity index (χ0) is 17.2. The van der Waals surface area contributed by atoms with Crippen LogP contribution in [0.3, 0.4) is 0 Å². The summed E-state index contributed by atoms with van der Waals surface area (Å²) >= 11 is 1.51. The third kappa shape index (κ3) is 4.47. The van der Waals surface area contributed by atoms with Gasteiger partial charge in [0.1, 0.15) is 10.5 Å². The van der Waals surface area contributed by atoms with Crippen molar-refractivity contribution in [2.24, 2.45) is 0 Å². The lowest BCUT2D eigenvalue weighted by atomic mass is 9.93. The van der Waals surface area contributed by atoms with Crippen LogP contribution in [-0.4, -0.2) is 42.3 Å². The van der Waals surface area contributed by atoms with Gasteiger partial charge in [0.15, 0.2) is 0 Å². The minimum Gasteiger partial charge on any atom is -0.462 e. The lowest BCUT2D eigenvalue weighted by molar-refractivity contribution is 0.0210. The van der Waals surface area contributed by atoms with E-state index in [1.807, 2.05) is 26.8 Å². The predicted molar refractivity (Wildman–Crippen MR) is 90.1 cm³/mol. The Bertz CT molecular complexity index is 588. The SMILES string of the molecule is CCOC(=O)c1cc2c(s1)CCC(N(C)C(=O)OC(C)(C)C)C2. The second-order valence-electron chi connectivity index (χ2n) is 6.77. The maximum atomic E-state index is 12.2. The molecule has 0 aromatic carbocycles. The number of likely N-dealkylation sites (N-methyl/N-ethyl adjacent to an activating group) is 1. The molecule has 128 valence electrons. The third-order valence-corrected chi connectivity index (χ3v) is 4.98. The number of hydrogen-bond donors (Lipinski definition) is 0. The number of rotatable bonds is 3. The number of nitrogens with zero attached hydrogens (tertiary/aromatic N) is 1. The van der Waals surface area contributed by atoms with E-state index in [9.17, 15) is 9.59 Å². The first kappa shape index (κ1) is 17.8. The second kappa shape index (κ2) is 6.91. The smallest absolute Gasteiger partial charge is 0.410 e. The van der Waals surface area contributed by atoms with E-state index in [1.165, 1.54) is 16.2 Å². The highest BCUT2D eigenvalue weighted by Gasteiger charge is 2.30. The summed E-state index contributed by atoms with van der Waals surface area (Å²) in [5.41, 5.74) is 0.648. The molecule has 6 heteroatoms. The second-order valence-corrected chi connectivity index (χ2v) is 7.90. The molecule has 0 fully saturated rings. The Hall–Kier alpha value is -1.56. The van der Waals surface area contributed by atoms with Crippen molar-refractivity contribution in [3.63, 3.8) is 0 Å². The highest BCUT2D eigenvalue weighted by Crippen LogP contribution is 2.32. The van der Waals surface area contributed by atoms with Crippen molar-refractivity contribution in [1.29, 1.82) is 0 Å². The van der Waals surface area contributed by atoms with Crippen molar-refractivity contribution < 1.29 is 19.1 Å². The standard InChI is InChI=1S/C17H25NO4S/c1-6-21-15(19)14-10-11-9-12(7-8-13(11)23-14)18(5)16(20)22-17(2,3)4/h10,12H,6-9H2,1-5H3. The summed E-state index contributed by atoms with van der Waals surface area (Å²) in [4.78, 5) is 27.6. The van der Waals surface area contributed by atoms with Crippen LogP contribution in [0.4, 0.5) is 4.79 Å². The van der Waals surface area contributed by atoms with E-state index in [0.717, 1.165) is 24.8 Å². The van der Waals surface area contributed by atoms with Crippen LogP contribution in [0.25, 0.3) is 0 Å². The number of carbonyl (C=O) groups excluding carboxylic acids is 2. The maximum Gasteiger partial charge on any atom is 0.410 e. The summed E-state index contributed by atoms with van der Waals surface area (Å²) in [6, 6.07) is 2.01. The van der Waals surface area contributed by atoms with E-state index in [4.69, 9.17) is 9.47 Å². The molecule has 0 spiro atoms. The van der Waals surface area contributed by atoms with Gasteiger partial charge in [-0.1, -0.05) is 0 Å². The van der Waals surface area contributed by atoms with E-state index in [-0.39, 0.29) is 18.1 Å². The van der Waals surface area contributed by atoms with Gasteiger partial charge in [-0.05, 0) is 58.6 Å². The van der Waals surface area contributed by atoms with Gasteiger partial charge in [0.2, 0.25) is 0 Å². The van der Waals surface area contributed by atoms with Crippen LogP contribution in [0.15, 0.2) is 6.07 Å². The topological polar surface area (TPSA) is 55.8 Å². The fourth-order valence-corrected chi connectivity index (χ4v) is 3.72. The van der Waals surface area contributed by atoms with E-state index in [2.05, 4.69) is 0 Å². The molecule has 5 nitrogen and oxygen atoms in total. The molecule has 2 rings (SSSR count). The highest BCUT2D eigenvalue weighted by atomic mass is 32.1.